The molecule has 0 saturated carbocycles. The first-order chi connectivity index (χ1) is 19.9. The normalized spacial score (nSPS) is 20.3. The van der Waals surface area contributed by atoms with Gasteiger partial charge in [-0.05, 0) is 49.8 Å². The Morgan fingerprint density at radius 2 is 1.76 bits per heavy atom. The number of benzene rings is 2. The van der Waals surface area contributed by atoms with Crippen LogP contribution in [0.4, 0.5) is 0 Å². The number of nitrogens with zero attached hydrogens (tertiary/aromatic N) is 3. The van der Waals surface area contributed by atoms with E-state index in [4.69, 9.17) is 26.1 Å². The SMILES string of the molecule is CCOC(=O)C1=C(c2ccccc2)N=C2SC=C(CC(=O)N3CCCC(C(=O)OCC)C3)N2C1c1ccc(Cl)cc1. The number of amidine groups is 1. The van der Waals surface area contributed by atoms with Crippen LogP contribution in [0.25, 0.3) is 5.70 Å². The Morgan fingerprint density at radius 1 is 1.02 bits per heavy atom. The van der Waals surface area contributed by atoms with Gasteiger partial charge in [-0.1, -0.05) is 65.8 Å². The zero-order chi connectivity index (χ0) is 28.9. The molecule has 1 saturated heterocycles. The lowest BCUT2D eigenvalue weighted by Gasteiger charge is -2.37. The highest BCUT2D eigenvalue weighted by molar-refractivity contribution is 8.16. The van der Waals surface area contributed by atoms with E-state index in [0.717, 1.165) is 23.2 Å². The third kappa shape index (κ3) is 6.21. The largest absolute Gasteiger partial charge is 0.466 e. The summed E-state index contributed by atoms with van der Waals surface area (Å²) < 4.78 is 10.8. The summed E-state index contributed by atoms with van der Waals surface area (Å²) in [5.74, 6) is -1.13. The van der Waals surface area contributed by atoms with Crippen molar-refractivity contribution in [2.24, 2.45) is 10.9 Å². The highest BCUT2D eigenvalue weighted by Crippen LogP contribution is 2.47. The quantitative estimate of drug-likeness (QED) is 0.357. The molecule has 8 nitrogen and oxygen atoms in total. The van der Waals surface area contributed by atoms with Crippen molar-refractivity contribution < 1.29 is 23.9 Å². The molecule has 2 aromatic carbocycles. The summed E-state index contributed by atoms with van der Waals surface area (Å²) in [6, 6.07) is 16.3. The number of piperidine rings is 1. The van der Waals surface area contributed by atoms with Crippen molar-refractivity contribution in [1.29, 1.82) is 0 Å². The maximum absolute atomic E-state index is 13.6. The maximum Gasteiger partial charge on any atom is 0.338 e. The predicted molar refractivity (Wildman–Crippen MR) is 160 cm³/mol. The fourth-order valence-electron chi connectivity index (χ4n) is 5.37. The monoisotopic (exact) mass is 593 g/mol. The lowest BCUT2D eigenvalue weighted by Crippen LogP contribution is -2.44. The van der Waals surface area contributed by atoms with Crippen molar-refractivity contribution in [3.05, 3.63) is 87.4 Å². The highest BCUT2D eigenvalue weighted by atomic mass is 35.5. The van der Waals surface area contributed by atoms with Gasteiger partial charge in [0.05, 0.1) is 42.9 Å². The van der Waals surface area contributed by atoms with Gasteiger partial charge in [0.25, 0.3) is 0 Å². The molecule has 0 spiro atoms. The smallest absolute Gasteiger partial charge is 0.338 e. The lowest BCUT2D eigenvalue weighted by molar-refractivity contribution is -0.151. The second-order valence-electron chi connectivity index (χ2n) is 9.90. The number of amides is 1. The van der Waals surface area contributed by atoms with Gasteiger partial charge >= 0.3 is 11.9 Å². The van der Waals surface area contributed by atoms with Gasteiger partial charge in [-0.3, -0.25) is 9.59 Å². The summed E-state index contributed by atoms with van der Waals surface area (Å²) in [5, 5.41) is 3.16. The van der Waals surface area contributed by atoms with Crippen LogP contribution < -0.4 is 0 Å². The topological polar surface area (TPSA) is 88.5 Å². The summed E-state index contributed by atoms with van der Waals surface area (Å²) in [4.78, 5) is 48.2. The van der Waals surface area contributed by atoms with Crippen LogP contribution in [0.5, 0.6) is 0 Å². The molecule has 3 heterocycles. The molecule has 10 heteroatoms. The van der Waals surface area contributed by atoms with E-state index < -0.39 is 12.0 Å². The van der Waals surface area contributed by atoms with Gasteiger partial charge in [-0.15, -0.1) is 0 Å². The summed E-state index contributed by atoms with van der Waals surface area (Å²) in [6.07, 6.45) is 1.55. The molecule has 0 aliphatic carbocycles. The minimum absolute atomic E-state index is 0.0857. The van der Waals surface area contributed by atoms with Gasteiger partial charge < -0.3 is 19.3 Å². The van der Waals surface area contributed by atoms with E-state index in [-0.39, 0.29) is 30.8 Å². The minimum atomic E-state index is -0.586. The van der Waals surface area contributed by atoms with Crippen LogP contribution in [0.1, 0.15) is 50.3 Å². The molecule has 0 aromatic heterocycles. The molecule has 1 amide bonds. The van der Waals surface area contributed by atoms with Crippen molar-refractivity contribution in [2.45, 2.75) is 39.2 Å². The van der Waals surface area contributed by atoms with E-state index in [1.165, 1.54) is 11.8 Å². The molecular formula is C31H32ClN3O5S. The second-order valence-corrected chi connectivity index (χ2v) is 11.2. The molecule has 2 aromatic rings. The minimum Gasteiger partial charge on any atom is -0.466 e. The molecule has 0 N–H and O–H groups in total. The Balaban J connectivity index is 1.50. The molecule has 0 bridgehead atoms. The molecule has 2 atom stereocenters. The first-order valence-corrected chi connectivity index (χ1v) is 15.1. The summed E-state index contributed by atoms with van der Waals surface area (Å²) in [5.41, 5.74) is 3.28. The zero-order valence-corrected chi connectivity index (χ0v) is 24.6. The van der Waals surface area contributed by atoms with Crippen molar-refractivity contribution in [1.82, 2.24) is 9.80 Å². The number of ether oxygens (including phenoxy) is 2. The number of fused-ring (bicyclic) bond motifs is 1. The number of aliphatic imine (C=N–C) groups is 1. The van der Waals surface area contributed by atoms with Crippen LogP contribution in [0.3, 0.4) is 0 Å². The average Bonchev–Trinajstić information content (AvgIpc) is 3.39. The van der Waals surface area contributed by atoms with Gasteiger partial charge in [0.1, 0.15) is 0 Å². The second kappa shape index (κ2) is 13.0. The van der Waals surface area contributed by atoms with E-state index in [0.29, 0.717) is 47.6 Å². The fraction of sp³-hybridized carbons (Fsp3) is 0.355. The van der Waals surface area contributed by atoms with Crippen LogP contribution in [0, 0.1) is 5.92 Å². The van der Waals surface area contributed by atoms with E-state index >= 15 is 0 Å². The van der Waals surface area contributed by atoms with Crippen molar-refractivity contribution in [3.8, 4) is 0 Å². The van der Waals surface area contributed by atoms with Crippen LogP contribution in [-0.2, 0) is 23.9 Å². The first kappa shape index (κ1) is 29.0. The molecule has 2 unspecified atom stereocenters. The van der Waals surface area contributed by atoms with Gasteiger partial charge in [-0.25, -0.2) is 9.79 Å². The number of rotatable bonds is 8. The molecular weight excluding hydrogens is 562 g/mol. The fourth-order valence-corrected chi connectivity index (χ4v) is 6.42. The number of hydrogen-bond donors (Lipinski definition) is 0. The summed E-state index contributed by atoms with van der Waals surface area (Å²) in [7, 11) is 0. The Labute approximate surface area is 249 Å². The van der Waals surface area contributed by atoms with Crippen LogP contribution in [-0.4, -0.2) is 59.1 Å². The molecule has 41 heavy (non-hydrogen) atoms. The Bertz CT molecular complexity index is 1410. The number of thioether (sulfide) groups is 1. The van der Waals surface area contributed by atoms with Crippen LogP contribution in [0.15, 0.2) is 76.3 Å². The first-order valence-electron chi connectivity index (χ1n) is 13.8. The average molecular weight is 594 g/mol. The van der Waals surface area contributed by atoms with Crippen molar-refractivity contribution >= 4 is 52.1 Å². The molecule has 214 valence electrons. The number of esters is 2. The van der Waals surface area contributed by atoms with E-state index in [1.54, 1.807) is 30.9 Å². The Hall–Kier alpha value is -3.56. The highest BCUT2D eigenvalue weighted by Gasteiger charge is 2.43. The van der Waals surface area contributed by atoms with Crippen LogP contribution >= 0.6 is 23.4 Å². The van der Waals surface area contributed by atoms with Gasteiger partial charge in [0, 0.05) is 29.4 Å². The van der Waals surface area contributed by atoms with E-state index in [1.807, 2.05) is 52.8 Å². The summed E-state index contributed by atoms with van der Waals surface area (Å²) in [6.45, 7) is 5.01. The molecule has 0 radical (unpaired) electrons. The maximum atomic E-state index is 13.6. The van der Waals surface area contributed by atoms with Crippen molar-refractivity contribution in [2.75, 3.05) is 26.3 Å². The number of halogens is 1. The third-order valence-corrected chi connectivity index (χ3v) is 8.41. The molecule has 3 aliphatic heterocycles. The van der Waals surface area contributed by atoms with Crippen LogP contribution in [0.2, 0.25) is 5.02 Å². The number of carbonyl (C=O) groups excluding carboxylic acids is 3. The number of likely N-dealkylation sites (tertiary alicyclic amines) is 1. The molecule has 5 rings (SSSR count). The third-order valence-electron chi connectivity index (χ3n) is 7.26. The molecule has 1 fully saturated rings. The predicted octanol–water partition coefficient (Wildman–Crippen LogP) is 5.81. The molecule has 3 aliphatic rings. The lowest BCUT2D eigenvalue weighted by atomic mass is 9.91. The Morgan fingerprint density at radius 3 is 2.46 bits per heavy atom. The number of carbonyl (C=O) groups is 3. The van der Waals surface area contributed by atoms with Crippen molar-refractivity contribution in [3.63, 3.8) is 0 Å². The van der Waals surface area contributed by atoms with Gasteiger partial charge in [-0.2, -0.15) is 0 Å². The van der Waals surface area contributed by atoms with Gasteiger partial charge in [0.15, 0.2) is 5.17 Å². The standard InChI is InChI=1S/C31H32ClN3O5S/c1-3-39-29(37)22-11-8-16-34(18-22)25(36)17-24-19-41-31-33-27(20-9-6-5-7-10-20)26(30(38)40-4-2)28(35(24)31)21-12-14-23(32)15-13-21/h5-7,9-10,12-15,19,22,28H,3-4,8,11,16-18H2,1-2H3. The zero-order valence-electron chi connectivity index (χ0n) is 23.0. The van der Waals surface area contributed by atoms with Gasteiger partial charge in [0.2, 0.25) is 5.91 Å². The number of hydrogen-bond acceptors (Lipinski definition) is 8. The summed E-state index contributed by atoms with van der Waals surface area (Å²) >= 11 is 7.65. The van der Waals surface area contributed by atoms with E-state index in [9.17, 15) is 14.4 Å². The van der Waals surface area contributed by atoms with E-state index in [2.05, 4.69) is 0 Å². The Kier molecular flexibility index (Phi) is 9.15.